The Bertz CT molecular complexity index is 1330. The average Bonchev–Trinajstić information content (AvgIpc) is 3.40. The zero-order chi connectivity index (χ0) is 22.7. The molecule has 0 radical (unpaired) electrons. The maximum absolute atomic E-state index is 12.5. The fraction of sp³-hybridized carbons (Fsp3) is 0.238. The van der Waals surface area contributed by atoms with Gasteiger partial charge in [-0.3, -0.25) is 0 Å². The van der Waals surface area contributed by atoms with Crippen LogP contribution >= 0.6 is 11.3 Å². The van der Waals surface area contributed by atoms with E-state index in [0.717, 1.165) is 16.2 Å². The standard InChI is InChI=1S/C21H22N4O5S2/c1-28-16-5-7-17(8-6-16)32(26,27)22-11-10-15-13-31-21-23-20(24-25(15)21)14-4-9-18(29-2)19(12-14)30-3/h4-9,12-13,22H,10-11H2,1-3H3. The first-order chi connectivity index (χ1) is 15.4. The third kappa shape index (κ3) is 4.40. The largest absolute Gasteiger partial charge is 0.497 e. The highest BCUT2D eigenvalue weighted by Crippen LogP contribution is 2.31. The van der Waals surface area contributed by atoms with Crippen molar-refractivity contribution in [1.29, 1.82) is 0 Å². The topological polar surface area (TPSA) is 104 Å². The van der Waals surface area contributed by atoms with Crippen molar-refractivity contribution in [3.05, 3.63) is 53.5 Å². The van der Waals surface area contributed by atoms with Crippen molar-refractivity contribution in [3.63, 3.8) is 0 Å². The van der Waals surface area contributed by atoms with Crippen molar-refractivity contribution >= 4 is 26.3 Å². The minimum absolute atomic E-state index is 0.185. The number of rotatable bonds is 9. The van der Waals surface area contributed by atoms with Crippen LogP contribution in [0.2, 0.25) is 0 Å². The van der Waals surface area contributed by atoms with Gasteiger partial charge in [-0.05, 0) is 42.5 Å². The highest BCUT2D eigenvalue weighted by atomic mass is 32.2. The molecule has 0 bridgehead atoms. The Kier molecular flexibility index (Phi) is 6.31. The van der Waals surface area contributed by atoms with E-state index in [0.29, 0.717) is 29.5 Å². The van der Waals surface area contributed by atoms with Gasteiger partial charge in [-0.25, -0.2) is 17.7 Å². The summed E-state index contributed by atoms with van der Waals surface area (Å²) >= 11 is 1.45. The maximum atomic E-state index is 12.5. The van der Waals surface area contributed by atoms with Crippen LogP contribution in [0.3, 0.4) is 0 Å². The van der Waals surface area contributed by atoms with Crippen LogP contribution in [0.1, 0.15) is 5.69 Å². The molecule has 0 fully saturated rings. The van der Waals surface area contributed by atoms with E-state index in [1.807, 2.05) is 17.5 Å². The monoisotopic (exact) mass is 474 g/mol. The smallest absolute Gasteiger partial charge is 0.240 e. The molecule has 0 aliphatic rings. The van der Waals surface area contributed by atoms with E-state index in [1.165, 1.54) is 30.6 Å². The van der Waals surface area contributed by atoms with E-state index in [2.05, 4.69) is 14.8 Å². The van der Waals surface area contributed by atoms with Gasteiger partial charge in [-0.1, -0.05) is 0 Å². The zero-order valence-electron chi connectivity index (χ0n) is 17.7. The van der Waals surface area contributed by atoms with Crippen LogP contribution in [0, 0.1) is 0 Å². The summed E-state index contributed by atoms with van der Waals surface area (Å²) in [5.41, 5.74) is 1.66. The molecule has 9 nitrogen and oxygen atoms in total. The number of nitrogens with one attached hydrogen (secondary N) is 1. The fourth-order valence-electron chi connectivity index (χ4n) is 3.15. The number of hydrogen-bond acceptors (Lipinski definition) is 8. The molecule has 0 unspecified atom stereocenters. The third-order valence-corrected chi connectivity index (χ3v) is 7.18. The normalized spacial score (nSPS) is 11.6. The summed E-state index contributed by atoms with van der Waals surface area (Å²) in [5, 5.41) is 6.52. The predicted octanol–water partition coefficient (Wildman–Crippen LogP) is 3.00. The fourth-order valence-corrected chi connectivity index (χ4v) is 5.03. The van der Waals surface area contributed by atoms with Crippen LogP contribution in [0.25, 0.3) is 16.3 Å². The number of ether oxygens (including phenoxy) is 3. The second-order valence-electron chi connectivity index (χ2n) is 6.75. The number of sulfonamides is 1. The van der Waals surface area contributed by atoms with Gasteiger partial charge in [-0.2, -0.15) is 4.98 Å². The van der Waals surface area contributed by atoms with Gasteiger partial charge in [0.05, 0.1) is 31.9 Å². The number of fused-ring (bicyclic) bond motifs is 1. The summed E-state index contributed by atoms with van der Waals surface area (Å²) in [6, 6.07) is 11.7. The molecule has 168 valence electrons. The number of thiazole rings is 1. The Labute approximate surface area is 189 Å². The molecule has 11 heteroatoms. The first kappa shape index (κ1) is 22.1. The SMILES string of the molecule is COc1ccc(S(=O)(=O)NCCc2csc3nc(-c4ccc(OC)c(OC)c4)nn23)cc1. The summed E-state index contributed by atoms with van der Waals surface area (Å²) in [6.45, 7) is 0.228. The first-order valence-electron chi connectivity index (χ1n) is 9.64. The van der Waals surface area contributed by atoms with Crippen molar-refractivity contribution in [1.82, 2.24) is 19.3 Å². The summed E-state index contributed by atoms with van der Waals surface area (Å²) in [4.78, 5) is 5.49. The van der Waals surface area contributed by atoms with E-state index < -0.39 is 10.0 Å². The number of hydrogen-bond donors (Lipinski definition) is 1. The van der Waals surface area contributed by atoms with Crippen LogP contribution < -0.4 is 18.9 Å². The summed E-state index contributed by atoms with van der Waals surface area (Å²) in [7, 11) is 1.07. The van der Waals surface area contributed by atoms with Crippen LogP contribution in [0.5, 0.6) is 17.2 Å². The molecule has 4 aromatic rings. The van der Waals surface area contributed by atoms with Crippen molar-refractivity contribution in [2.24, 2.45) is 0 Å². The van der Waals surface area contributed by atoms with Gasteiger partial charge in [0.25, 0.3) is 0 Å². The highest BCUT2D eigenvalue weighted by molar-refractivity contribution is 7.89. The molecular formula is C21H22N4O5S2. The van der Waals surface area contributed by atoms with Gasteiger partial charge in [0.15, 0.2) is 17.3 Å². The minimum Gasteiger partial charge on any atom is -0.497 e. The maximum Gasteiger partial charge on any atom is 0.240 e. The molecule has 32 heavy (non-hydrogen) atoms. The van der Waals surface area contributed by atoms with Crippen LogP contribution in [-0.4, -0.2) is 50.9 Å². The quantitative estimate of drug-likeness (QED) is 0.398. The summed E-state index contributed by atoms with van der Waals surface area (Å²) < 4.78 is 45.1. The Hall–Kier alpha value is -3.15. The zero-order valence-corrected chi connectivity index (χ0v) is 19.4. The van der Waals surface area contributed by atoms with Crippen molar-refractivity contribution in [3.8, 4) is 28.6 Å². The van der Waals surface area contributed by atoms with Crippen LogP contribution in [0.15, 0.2) is 52.7 Å². The Morgan fingerprint density at radius 3 is 2.44 bits per heavy atom. The van der Waals surface area contributed by atoms with E-state index in [9.17, 15) is 8.42 Å². The summed E-state index contributed by atoms with van der Waals surface area (Å²) in [5.74, 6) is 2.37. The molecule has 0 aliphatic heterocycles. The van der Waals surface area contributed by atoms with E-state index in [4.69, 9.17) is 14.2 Å². The first-order valence-corrected chi connectivity index (χ1v) is 12.0. The van der Waals surface area contributed by atoms with Gasteiger partial charge < -0.3 is 14.2 Å². The molecule has 2 heterocycles. The summed E-state index contributed by atoms with van der Waals surface area (Å²) in [6.07, 6.45) is 0.462. The van der Waals surface area contributed by atoms with Crippen molar-refractivity contribution in [2.75, 3.05) is 27.9 Å². The molecule has 2 aromatic carbocycles. The number of aromatic nitrogens is 3. The average molecular weight is 475 g/mol. The van der Waals surface area contributed by atoms with Gasteiger partial charge in [0.2, 0.25) is 15.0 Å². The number of methoxy groups -OCH3 is 3. The molecule has 0 amide bonds. The second kappa shape index (κ2) is 9.15. The van der Waals surface area contributed by atoms with Gasteiger partial charge >= 0.3 is 0 Å². The van der Waals surface area contributed by atoms with Crippen LogP contribution in [0.4, 0.5) is 0 Å². The lowest BCUT2D eigenvalue weighted by Gasteiger charge is -2.08. The number of benzene rings is 2. The van der Waals surface area contributed by atoms with Crippen LogP contribution in [-0.2, 0) is 16.4 Å². The second-order valence-corrected chi connectivity index (χ2v) is 9.35. The molecular weight excluding hydrogens is 452 g/mol. The van der Waals surface area contributed by atoms with E-state index in [1.54, 1.807) is 36.9 Å². The van der Waals surface area contributed by atoms with Gasteiger partial charge in [-0.15, -0.1) is 16.4 Å². The highest BCUT2D eigenvalue weighted by Gasteiger charge is 2.16. The molecule has 0 spiro atoms. The number of nitrogens with zero attached hydrogens (tertiary/aromatic N) is 3. The Balaban J connectivity index is 1.48. The lowest BCUT2D eigenvalue weighted by atomic mass is 10.2. The third-order valence-electron chi connectivity index (χ3n) is 4.83. The molecule has 4 rings (SSSR count). The molecule has 2 aromatic heterocycles. The van der Waals surface area contributed by atoms with Crippen molar-refractivity contribution < 1.29 is 22.6 Å². The molecule has 0 saturated heterocycles. The minimum atomic E-state index is -3.62. The van der Waals surface area contributed by atoms with Gasteiger partial charge in [0.1, 0.15) is 5.75 Å². The molecule has 1 N–H and O–H groups in total. The lowest BCUT2D eigenvalue weighted by molar-refractivity contribution is 0.355. The van der Waals surface area contributed by atoms with Crippen molar-refractivity contribution in [2.45, 2.75) is 11.3 Å². The molecule has 0 atom stereocenters. The van der Waals surface area contributed by atoms with E-state index in [-0.39, 0.29) is 11.4 Å². The van der Waals surface area contributed by atoms with E-state index >= 15 is 0 Å². The Morgan fingerprint density at radius 2 is 1.75 bits per heavy atom. The molecule has 0 saturated carbocycles. The lowest BCUT2D eigenvalue weighted by Crippen LogP contribution is -2.26. The predicted molar refractivity (Wildman–Crippen MR) is 121 cm³/mol. The van der Waals surface area contributed by atoms with Gasteiger partial charge in [0, 0.05) is 23.9 Å². The molecule has 0 aliphatic carbocycles. The Morgan fingerprint density at radius 1 is 1.00 bits per heavy atom.